The number of methoxy groups -OCH3 is 1. The van der Waals surface area contributed by atoms with Gasteiger partial charge in [0.05, 0.1) is 7.11 Å². The van der Waals surface area contributed by atoms with Gasteiger partial charge in [-0.25, -0.2) is 4.98 Å². The molecule has 17 heavy (non-hydrogen) atoms. The van der Waals surface area contributed by atoms with E-state index >= 15 is 0 Å². The van der Waals surface area contributed by atoms with Crippen LogP contribution in [0.25, 0.3) is 0 Å². The second kappa shape index (κ2) is 5.55. The average molecular weight is 250 g/mol. The van der Waals surface area contributed by atoms with Gasteiger partial charge in [0.25, 0.3) is 0 Å². The summed E-state index contributed by atoms with van der Waals surface area (Å²) in [5, 5.41) is 0.354. The molecule has 0 amide bonds. The lowest BCUT2D eigenvalue weighted by molar-refractivity contribution is 0.302. The zero-order valence-electron chi connectivity index (χ0n) is 9.39. The highest BCUT2D eigenvalue weighted by atomic mass is 35.5. The number of rotatable bonds is 4. The molecule has 0 N–H and O–H groups in total. The van der Waals surface area contributed by atoms with Crippen LogP contribution in [0, 0.1) is 0 Å². The Bertz CT molecular complexity index is 488. The van der Waals surface area contributed by atoms with Crippen LogP contribution in [0.5, 0.6) is 11.6 Å². The molecule has 0 saturated carbocycles. The van der Waals surface area contributed by atoms with E-state index < -0.39 is 0 Å². The van der Waals surface area contributed by atoms with Crippen LogP contribution in [0.1, 0.15) is 5.56 Å². The van der Waals surface area contributed by atoms with Crippen LogP contribution < -0.4 is 9.47 Å². The fourth-order valence-electron chi connectivity index (χ4n) is 1.38. The fraction of sp³-hybridized carbons (Fsp3) is 0.154. The minimum Gasteiger partial charge on any atom is -0.489 e. The van der Waals surface area contributed by atoms with Crippen LogP contribution in [0.3, 0.4) is 0 Å². The molecule has 0 aliphatic carbocycles. The van der Waals surface area contributed by atoms with Crippen LogP contribution in [0.4, 0.5) is 0 Å². The molecular weight excluding hydrogens is 238 g/mol. The quantitative estimate of drug-likeness (QED) is 0.779. The summed E-state index contributed by atoms with van der Waals surface area (Å²) in [7, 11) is 1.54. The summed E-state index contributed by atoms with van der Waals surface area (Å²) in [6, 6.07) is 13.3. The Balaban J connectivity index is 2.06. The largest absolute Gasteiger partial charge is 0.489 e. The van der Waals surface area contributed by atoms with E-state index in [1.54, 1.807) is 19.2 Å². The molecule has 1 aromatic heterocycles. The average Bonchev–Trinajstić information content (AvgIpc) is 2.37. The summed E-state index contributed by atoms with van der Waals surface area (Å²) in [6.07, 6.45) is 0. The molecule has 0 fully saturated rings. The first-order valence-electron chi connectivity index (χ1n) is 5.16. The minimum absolute atomic E-state index is 0.354. The number of hydrogen-bond donors (Lipinski definition) is 0. The molecule has 0 aliphatic heterocycles. The molecule has 0 bridgehead atoms. The molecule has 0 unspecified atom stereocenters. The Labute approximate surface area is 105 Å². The predicted octanol–water partition coefficient (Wildman–Crippen LogP) is 3.32. The summed E-state index contributed by atoms with van der Waals surface area (Å²) in [4.78, 5) is 3.97. The second-order valence-corrected chi connectivity index (χ2v) is 3.83. The molecule has 1 heterocycles. The van der Waals surface area contributed by atoms with Crippen LogP contribution in [-0.4, -0.2) is 12.1 Å². The van der Waals surface area contributed by atoms with Crippen molar-refractivity contribution < 1.29 is 9.47 Å². The fourth-order valence-corrected chi connectivity index (χ4v) is 1.57. The van der Waals surface area contributed by atoms with Crippen molar-refractivity contribution in [2.45, 2.75) is 6.61 Å². The van der Waals surface area contributed by atoms with Gasteiger partial charge in [-0.05, 0) is 5.56 Å². The smallest absolute Gasteiger partial charge is 0.218 e. The van der Waals surface area contributed by atoms with Gasteiger partial charge in [0.2, 0.25) is 5.88 Å². The monoisotopic (exact) mass is 249 g/mol. The van der Waals surface area contributed by atoms with Gasteiger partial charge in [0, 0.05) is 12.1 Å². The molecule has 2 aromatic rings. The van der Waals surface area contributed by atoms with Crippen molar-refractivity contribution in [2.75, 3.05) is 7.11 Å². The van der Waals surface area contributed by atoms with Crippen molar-refractivity contribution >= 4 is 11.6 Å². The van der Waals surface area contributed by atoms with Gasteiger partial charge in [0.1, 0.15) is 17.5 Å². The number of benzene rings is 1. The summed E-state index contributed by atoms with van der Waals surface area (Å²) in [5.74, 6) is 1.09. The molecule has 0 radical (unpaired) electrons. The third-order valence-electron chi connectivity index (χ3n) is 2.20. The molecule has 88 valence electrons. The van der Waals surface area contributed by atoms with Gasteiger partial charge in [0.15, 0.2) is 0 Å². The third kappa shape index (κ3) is 3.36. The molecule has 1 aromatic carbocycles. The van der Waals surface area contributed by atoms with E-state index in [9.17, 15) is 0 Å². The molecule has 0 aliphatic rings. The standard InChI is InChI=1S/C13H12ClNO2/c1-16-13-8-11(7-12(14)15-13)17-9-10-5-3-2-4-6-10/h2-8H,9H2,1H3. The maximum Gasteiger partial charge on any atom is 0.218 e. The van der Waals surface area contributed by atoms with Crippen molar-refractivity contribution in [3.8, 4) is 11.6 Å². The first-order chi connectivity index (χ1) is 8.28. The second-order valence-electron chi connectivity index (χ2n) is 3.44. The van der Waals surface area contributed by atoms with Gasteiger partial charge in [-0.1, -0.05) is 41.9 Å². The number of ether oxygens (including phenoxy) is 2. The molecule has 4 heteroatoms. The first-order valence-corrected chi connectivity index (χ1v) is 5.54. The predicted molar refractivity (Wildman–Crippen MR) is 66.6 cm³/mol. The Kier molecular flexibility index (Phi) is 3.83. The highest BCUT2D eigenvalue weighted by Gasteiger charge is 2.02. The number of nitrogens with zero attached hydrogens (tertiary/aromatic N) is 1. The van der Waals surface area contributed by atoms with E-state index in [0.717, 1.165) is 5.56 Å². The van der Waals surface area contributed by atoms with E-state index in [1.807, 2.05) is 30.3 Å². The Hall–Kier alpha value is -1.74. The van der Waals surface area contributed by atoms with Crippen LogP contribution in [-0.2, 0) is 6.61 Å². The maximum absolute atomic E-state index is 5.84. The minimum atomic E-state index is 0.354. The van der Waals surface area contributed by atoms with Crippen LogP contribution >= 0.6 is 11.6 Å². The molecule has 0 saturated heterocycles. The summed E-state index contributed by atoms with van der Waals surface area (Å²) >= 11 is 5.84. The van der Waals surface area contributed by atoms with Gasteiger partial charge in [-0.15, -0.1) is 0 Å². The number of pyridine rings is 1. The van der Waals surface area contributed by atoms with Gasteiger partial charge in [-0.3, -0.25) is 0 Å². The lowest BCUT2D eigenvalue weighted by Crippen LogP contribution is -1.96. The third-order valence-corrected chi connectivity index (χ3v) is 2.40. The van der Waals surface area contributed by atoms with Crippen molar-refractivity contribution in [1.29, 1.82) is 0 Å². The van der Waals surface area contributed by atoms with Crippen molar-refractivity contribution in [1.82, 2.24) is 4.98 Å². The Morgan fingerprint density at radius 2 is 1.94 bits per heavy atom. The van der Waals surface area contributed by atoms with E-state index in [4.69, 9.17) is 21.1 Å². The van der Waals surface area contributed by atoms with E-state index in [2.05, 4.69) is 4.98 Å². The Morgan fingerprint density at radius 3 is 2.65 bits per heavy atom. The number of halogens is 1. The van der Waals surface area contributed by atoms with Crippen molar-refractivity contribution in [2.24, 2.45) is 0 Å². The molecule has 2 rings (SSSR count). The number of hydrogen-bond acceptors (Lipinski definition) is 3. The first kappa shape index (κ1) is 11.7. The van der Waals surface area contributed by atoms with Crippen LogP contribution in [0.15, 0.2) is 42.5 Å². The maximum atomic E-state index is 5.84. The zero-order valence-corrected chi connectivity index (χ0v) is 10.1. The van der Waals surface area contributed by atoms with Crippen LogP contribution in [0.2, 0.25) is 5.15 Å². The topological polar surface area (TPSA) is 31.4 Å². The normalized spacial score (nSPS) is 10.0. The molecule has 3 nitrogen and oxygen atoms in total. The SMILES string of the molecule is COc1cc(OCc2ccccc2)cc(Cl)n1. The van der Waals surface area contributed by atoms with E-state index in [0.29, 0.717) is 23.4 Å². The zero-order chi connectivity index (χ0) is 12.1. The molecule has 0 atom stereocenters. The summed E-state index contributed by atoms with van der Waals surface area (Å²) < 4.78 is 10.6. The summed E-state index contributed by atoms with van der Waals surface area (Å²) in [5.41, 5.74) is 1.10. The van der Waals surface area contributed by atoms with Crippen molar-refractivity contribution in [3.05, 3.63) is 53.2 Å². The highest BCUT2D eigenvalue weighted by molar-refractivity contribution is 6.29. The van der Waals surface area contributed by atoms with Gasteiger partial charge in [-0.2, -0.15) is 0 Å². The molecule has 0 spiro atoms. The molecular formula is C13H12ClNO2. The van der Waals surface area contributed by atoms with E-state index in [-0.39, 0.29) is 0 Å². The van der Waals surface area contributed by atoms with Crippen molar-refractivity contribution in [3.63, 3.8) is 0 Å². The van der Waals surface area contributed by atoms with E-state index in [1.165, 1.54) is 0 Å². The summed E-state index contributed by atoms with van der Waals surface area (Å²) in [6.45, 7) is 0.490. The lowest BCUT2D eigenvalue weighted by atomic mass is 10.2. The number of aromatic nitrogens is 1. The highest BCUT2D eigenvalue weighted by Crippen LogP contribution is 2.22. The van der Waals surface area contributed by atoms with Gasteiger partial charge >= 0.3 is 0 Å². The lowest BCUT2D eigenvalue weighted by Gasteiger charge is -2.07. The Morgan fingerprint density at radius 1 is 1.18 bits per heavy atom. The van der Waals surface area contributed by atoms with Gasteiger partial charge < -0.3 is 9.47 Å².